The summed E-state index contributed by atoms with van der Waals surface area (Å²) in [6.45, 7) is 0. The molecule has 0 saturated heterocycles. The number of rotatable bonds is 5. The van der Waals surface area contributed by atoms with Gasteiger partial charge in [-0.2, -0.15) is 0 Å². The van der Waals surface area contributed by atoms with Crippen molar-refractivity contribution in [2.45, 2.75) is 31.6 Å². The van der Waals surface area contributed by atoms with Crippen LogP contribution in [-0.4, -0.2) is 28.6 Å². The highest BCUT2D eigenvalue weighted by atomic mass is 79.9. The third-order valence-corrected chi connectivity index (χ3v) is 5.70. The molecule has 2 aromatic rings. The third-order valence-electron chi connectivity index (χ3n) is 3.87. The molecule has 0 amide bonds. The van der Waals surface area contributed by atoms with Crippen molar-refractivity contribution < 1.29 is 19.4 Å². The van der Waals surface area contributed by atoms with Gasteiger partial charge in [-0.05, 0) is 52.2 Å². The lowest BCUT2D eigenvalue weighted by molar-refractivity contribution is -0.136. The van der Waals surface area contributed by atoms with Gasteiger partial charge in [0.05, 0.1) is 7.11 Å². The Morgan fingerprint density at radius 1 is 1.48 bits per heavy atom. The van der Waals surface area contributed by atoms with Crippen LogP contribution in [0.1, 0.15) is 46.8 Å². The number of methoxy groups -OCH3 is 1. The second-order valence-corrected chi connectivity index (χ2v) is 7.76. The van der Waals surface area contributed by atoms with E-state index < -0.39 is 11.9 Å². The van der Waals surface area contributed by atoms with E-state index >= 15 is 0 Å². The average Bonchev–Trinajstić information content (AvgIpc) is 3.26. The highest BCUT2D eigenvalue weighted by molar-refractivity contribution is 9.11. The van der Waals surface area contributed by atoms with Gasteiger partial charge >= 0.3 is 11.9 Å². The maximum absolute atomic E-state index is 12.5. The Balaban J connectivity index is 2.25. The lowest BCUT2D eigenvalue weighted by Crippen LogP contribution is -2.20. The molecule has 1 aliphatic rings. The highest BCUT2D eigenvalue weighted by Crippen LogP contribution is 2.46. The van der Waals surface area contributed by atoms with Crippen LogP contribution < -0.4 is 5.56 Å². The number of pyridine rings is 1. The fourth-order valence-electron chi connectivity index (χ4n) is 2.71. The minimum Gasteiger partial charge on any atom is -0.481 e. The number of fused-ring (bicyclic) bond motifs is 1. The molecule has 0 aliphatic heterocycles. The van der Waals surface area contributed by atoms with E-state index in [0.29, 0.717) is 21.0 Å². The topological polar surface area (TPSA) is 85.1 Å². The summed E-state index contributed by atoms with van der Waals surface area (Å²) in [5.41, 5.74) is 1.60. The molecular formula is C15H14BrNO5S. The van der Waals surface area contributed by atoms with E-state index in [0.717, 1.165) is 24.0 Å². The quantitative estimate of drug-likeness (QED) is 0.781. The number of aliphatic carboxylic acids is 1. The van der Waals surface area contributed by atoms with Crippen LogP contribution in [0.5, 0.6) is 0 Å². The van der Waals surface area contributed by atoms with Crippen molar-refractivity contribution in [1.29, 1.82) is 0 Å². The summed E-state index contributed by atoms with van der Waals surface area (Å²) in [7, 11) is 1.27. The van der Waals surface area contributed by atoms with E-state index in [2.05, 4.69) is 15.9 Å². The lowest BCUT2D eigenvalue weighted by atomic mass is 10.0. The first-order chi connectivity index (χ1) is 10.9. The molecule has 1 saturated carbocycles. The van der Waals surface area contributed by atoms with Crippen molar-refractivity contribution in [3.63, 3.8) is 0 Å². The van der Waals surface area contributed by atoms with Gasteiger partial charge in [0.1, 0.15) is 8.62 Å². The predicted octanol–water partition coefficient (Wildman–Crippen LogP) is 2.80. The van der Waals surface area contributed by atoms with Crippen molar-refractivity contribution in [3.05, 3.63) is 37.0 Å². The van der Waals surface area contributed by atoms with Gasteiger partial charge < -0.3 is 9.84 Å². The van der Waals surface area contributed by atoms with Gasteiger partial charge in [-0.15, -0.1) is 11.3 Å². The Morgan fingerprint density at radius 2 is 2.17 bits per heavy atom. The number of nitrogens with zero attached hydrogens (tertiary/aromatic N) is 1. The molecule has 0 bridgehead atoms. The number of hydrogen-bond donors (Lipinski definition) is 1. The number of hydrogen-bond acceptors (Lipinski definition) is 5. The molecule has 0 atom stereocenters. The zero-order valence-corrected chi connectivity index (χ0v) is 14.7. The lowest BCUT2D eigenvalue weighted by Gasteiger charge is -2.10. The fourth-order valence-corrected chi connectivity index (χ4v) is 4.63. The molecule has 6 nitrogen and oxygen atoms in total. The van der Waals surface area contributed by atoms with Crippen LogP contribution in [0.4, 0.5) is 0 Å². The maximum atomic E-state index is 12.5. The molecule has 2 aromatic heterocycles. The minimum atomic E-state index is -0.894. The van der Waals surface area contributed by atoms with Crippen LogP contribution in [0.15, 0.2) is 14.6 Å². The molecular weight excluding hydrogens is 386 g/mol. The first kappa shape index (κ1) is 16.2. The van der Waals surface area contributed by atoms with Crippen molar-refractivity contribution in [3.8, 4) is 0 Å². The standard InChI is InChI=1S/C15H14BrNO5S/c1-22-15(21)12-13(16)23-14-11(7-2-3-7)8(4-5-10(19)20)6-9(18)17(12)14/h6-7H,2-5H2,1H3,(H,19,20). The van der Waals surface area contributed by atoms with Gasteiger partial charge in [0.25, 0.3) is 5.56 Å². The van der Waals surface area contributed by atoms with E-state index in [1.165, 1.54) is 28.9 Å². The number of thiazole rings is 1. The molecule has 1 N–H and O–H groups in total. The summed E-state index contributed by atoms with van der Waals surface area (Å²) in [6.07, 6.45) is 2.32. The van der Waals surface area contributed by atoms with Crippen LogP contribution >= 0.6 is 27.3 Å². The summed E-state index contributed by atoms with van der Waals surface area (Å²) in [5, 5.41) is 8.91. The molecule has 3 rings (SSSR count). The molecule has 0 radical (unpaired) electrons. The second-order valence-electron chi connectivity index (χ2n) is 5.45. The van der Waals surface area contributed by atoms with Crippen LogP contribution in [0.3, 0.4) is 0 Å². The Bertz CT molecular complexity index is 865. The number of halogens is 1. The number of carboxylic acids is 1. The van der Waals surface area contributed by atoms with Gasteiger partial charge in [-0.3, -0.25) is 14.0 Å². The molecule has 0 spiro atoms. The van der Waals surface area contributed by atoms with E-state index in [1.54, 1.807) is 0 Å². The summed E-state index contributed by atoms with van der Waals surface area (Å²) in [5.74, 6) is -1.15. The monoisotopic (exact) mass is 399 g/mol. The summed E-state index contributed by atoms with van der Waals surface area (Å²) in [4.78, 5) is 36.0. The van der Waals surface area contributed by atoms with Crippen molar-refractivity contribution >= 4 is 44.0 Å². The highest BCUT2D eigenvalue weighted by Gasteiger charge is 2.32. The normalized spacial score (nSPS) is 14.2. The van der Waals surface area contributed by atoms with Crippen molar-refractivity contribution in [2.24, 2.45) is 0 Å². The zero-order chi connectivity index (χ0) is 16.7. The zero-order valence-electron chi connectivity index (χ0n) is 12.3. The van der Waals surface area contributed by atoms with Gasteiger partial charge in [0, 0.05) is 12.5 Å². The predicted molar refractivity (Wildman–Crippen MR) is 88.5 cm³/mol. The number of carboxylic acid groups (broad SMARTS) is 1. The number of carbonyl (C=O) groups is 2. The molecule has 0 unspecified atom stereocenters. The van der Waals surface area contributed by atoms with E-state index in [1.807, 2.05) is 0 Å². The second kappa shape index (κ2) is 6.09. The van der Waals surface area contributed by atoms with E-state index in [9.17, 15) is 14.4 Å². The third kappa shape index (κ3) is 2.92. The first-order valence-corrected chi connectivity index (χ1v) is 8.72. The van der Waals surface area contributed by atoms with Crippen molar-refractivity contribution in [2.75, 3.05) is 7.11 Å². The number of aromatic nitrogens is 1. The smallest absolute Gasteiger partial charge is 0.357 e. The fraction of sp³-hybridized carbons (Fsp3) is 0.400. The van der Waals surface area contributed by atoms with Gasteiger partial charge in [0.2, 0.25) is 0 Å². The number of ether oxygens (including phenoxy) is 1. The van der Waals surface area contributed by atoms with Crippen LogP contribution in [0.25, 0.3) is 4.83 Å². The number of aryl methyl sites for hydroxylation is 1. The molecule has 8 heteroatoms. The molecule has 122 valence electrons. The molecule has 0 aromatic carbocycles. The maximum Gasteiger partial charge on any atom is 0.357 e. The largest absolute Gasteiger partial charge is 0.481 e. The number of esters is 1. The first-order valence-electron chi connectivity index (χ1n) is 7.11. The Labute approximate surface area is 143 Å². The Hall–Kier alpha value is -1.67. The van der Waals surface area contributed by atoms with Crippen molar-refractivity contribution in [1.82, 2.24) is 4.40 Å². The van der Waals surface area contributed by atoms with E-state index in [4.69, 9.17) is 9.84 Å². The minimum absolute atomic E-state index is 0.0221. The Morgan fingerprint density at radius 3 is 2.74 bits per heavy atom. The summed E-state index contributed by atoms with van der Waals surface area (Å²) < 4.78 is 6.68. The molecule has 1 fully saturated rings. The summed E-state index contributed by atoms with van der Waals surface area (Å²) in [6, 6.07) is 1.45. The van der Waals surface area contributed by atoms with Gasteiger partial charge in [-0.1, -0.05) is 0 Å². The molecule has 2 heterocycles. The van der Waals surface area contributed by atoms with Crippen LogP contribution in [0, 0.1) is 0 Å². The molecule has 1 aliphatic carbocycles. The molecule has 23 heavy (non-hydrogen) atoms. The van der Waals surface area contributed by atoms with Crippen LogP contribution in [0.2, 0.25) is 0 Å². The Kier molecular flexibility index (Phi) is 4.29. The van der Waals surface area contributed by atoms with Gasteiger partial charge in [-0.25, -0.2) is 4.79 Å². The van der Waals surface area contributed by atoms with E-state index in [-0.39, 0.29) is 17.7 Å². The van der Waals surface area contributed by atoms with Gasteiger partial charge in [0.15, 0.2) is 5.69 Å². The number of carbonyl (C=O) groups excluding carboxylic acids is 1. The van der Waals surface area contributed by atoms with Crippen LogP contribution in [-0.2, 0) is 16.0 Å². The summed E-state index contributed by atoms with van der Waals surface area (Å²) >= 11 is 4.65. The SMILES string of the molecule is COC(=O)c1c(Br)sc2c(C3CC3)c(CCC(=O)O)cc(=O)n12. The average molecular weight is 400 g/mol.